The molecule has 0 radical (unpaired) electrons. The Morgan fingerprint density at radius 1 is 1.41 bits per heavy atom. The summed E-state index contributed by atoms with van der Waals surface area (Å²) in [6.07, 6.45) is 0.677. The topological polar surface area (TPSA) is 35.2 Å². The highest BCUT2D eigenvalue weighted by atomic mass is 19.3. The molecule has 0 aliphatic carbocycles. The van der Waals surface area contributed by atoms with Gasteiger partial charge in [0.15, 0.2) is 0 Å². The number of nitrogens with two attached hydrogens (primary N) is 1. The molecule has 0 aliphatic heterocycles. The fourth-order valence-electron chi connectivity index (χ4n) is 2.00. The van der Waals surface area contributed by atoms with Crippen molar-refractivity contribution in [2.45, 2.75) is 32.1 Å². The maximum Gasteiger partial charge on any atom is 0.274 e. The van der Waals surface area contributed by atoms with Crippen molar-refractivity contribution in [3.63, 3.8) is 0 Å². The molecular formula is C13H19F2NO. The van der Waals surface area contributed by atoms with Gasteiger partial charge in [0, 0.05) is 6.92 Å². The fourth-order valence-corrected chi connectivity index (χ4v) is 2.00. The molecule has 0 saturated heterocycles. The van der Waals surface area contributed by atoms with E-state index in [2.05, 4.69) is 0 Å². The number of methoxy groups -OCH3 is 1. The first kappa shape index (κ1) is 13.9. The maximum atomic E-state index is 13.7. The van der Waals surface area contributed by atoms with Crippen molar-refractivity contribution in [1.82, 2.24) is 0 Å². The van der Waals surface area contributed by atoms with Crippen LogP contribution in [0.4, 0.5) is 8.78 Å². The van der Waals surface area contributed by atoms with Crippen molar-refractivity contribution in [2.24, 2.45) is 5.73 Å². The van der Waals surface area contributed by atoms with Crippen LogP contribution in [0.5, 0.6) is 5.75 Å². The van der Waals surface area contributed by atoms with Crippen LogP contribution in [0.15, 0.2) is 18.2 Å². The van der Waals surface area contributed by atoms with E-state index in [-0.39, 0.29) is 17.2 Å². The van der Waals surface area contributed by atoms with Gasteiger partial charge in [-0.15, -0.1) is 0 Å². The van der Waals surface area contributed by atoms with Crippen molar-refractivity contribution >= 4 is 0 Å². The molecule has 2 N–H and O–H groups in total. The Bertz CT molecular complexity index is 374. The molecule has 2 nitrogen and oxygen atoms in total. The van der Waals surface area contributed by atoms with Gasteiger partial charge in [-0.3, -0.25) is 0 Å². The standard InChI is InChI=1S/C13H19F2NO/c1-9(7-8-16)10-5-4-6-11(17-3)12(10)13(2,14)15/h4-6,9H,7-8,16H2,1-3H3. The largest absolute Gasteiger partial charge is 0.496 e. The number of halogens is 2. The third-order valence-electron chi connectivity index (χ3n) is 2.85. The molecule has 0 aliphatic rings. The molecular weight excluding hydrogens is 224 g/mol. The van der Waals surface area contributed by atoms with E-state index in [1.54, 1.807) is 18.2 Å². The van der Waals surface area contributed by atoms with Gasteiger partial charge in [-0.25, -0.2) is 8.78 Å². The zero-order chi connectivity index (χ0) is 13.1. The van der Waals surface area contributed by atoms with Crippen molar-refractivity contribution in [3.8, 4) is 5.75 Å². The van der Waals surface area contributed by atoms with Gasteiger partial charge in [0.1, 0.15) is 5.75 Å². The molecule has 0 saturated carbocycles. The molecule has 0 aromatic heterocycles. The second kappa shape index (κ2) is 5.45. The Balaban J connectivity index is 3.29. The predicted molar refractivity (Wildman–Crippen MR) is 64.6 cm³/mol. The minimum Gasteiger partial charge on any atom is -0.496 e. The molecule has 17 heavy (non-hydrogen) atoms. The van der Waals surface area contributed by atoms with Crippen LogP contribution in [0, 0.1) is 0 Å². The van der Waals surface area contributed by atoms with Crippen LogP contribution in [-0.4, -0.2) is 13.7 Å². The minimum absolute atomic E-state index is 0.00377. The lowest BCUT2D eigenvalue weighted by Gasteiger charge is -2.22. The van der Waals surface area contributed by atoms with E-state index >= 15 is 0 Å². The summed E-state index contributed by atoms with van der Waals surface area (Å²) in [6, 6.07) is 5.01. The molecule has 0 amide bonds. The summed E-state index contributed by atoms with van der Waals surface area (Å²) in [5.74, 6) is -2.68. The van der Waals surface area contributed by atoms with Crippen LogP contribution in [0.3, 0.4) is 0 Å². The summed E-state index contributed by atoms with van der Waals surface area (Å²) in [4.78, 5) is 0. The zero-order valence-electron chi connectivity index (χ0n) is 10.5. The van der Waals surface area contributed by atoms with Crippen LogP contribution in [0.25, 0.3) is 0 Å². The molecule has 0 fully saturated rings. The van der Waals surface area contributed by atoms with E-state index < -0.39 is 5.92 Å². The normalized spacial score (nSPS) is 13.5. The number of hydrogen-bond acceptors (Lipinski definition) is 2. The van der Waals surface area contributed by atoms with Crippen molar-refractivity contribution in [2.75, 3.05) is 13.7 Å². The molecule has 1 atom stereocenters. The molecule has 0 bridgehead atoms. The van der Waals surface area contributed by atoms with Gasteiger partial charge in [0.25, 0.3) is 5.92 Å². The van der Waals surface area contributed by atoms with Crippen molar-refractivity contribution in [3.05, 3.63) is 29.3 Å². The average Bonchev–Trinajstić information content (AvgIpc) is 2.27. The third kappa shape index (κ3) is 3.16. The van der Waals surface area contributed by atoms with E-state index in [9.17, 15) is 8.78 Å². The second-order valence-electron chi connectivity index (χ2n) is 4.29. The van der Waals surface area contributed by atoms with Gasteiger partial charge >= 0.3 is 0 Å². The third-order valence-corrected chi connectivity index (χ3v) is 2.85. The summed E-state index contributed by atoms with van der Waals surface area (Å²) < 4.78 is 32.3. The van der Waals surface area contributed by atoms with Gasteiger partial charge < -0.3 is 10.5 Å². The SMILES string of the molecule is COc1cccc(C(C)CCN)c1C(C)(F)F. The summed E-state index contributed by atoms with van der Waals surface area (Å²) in [5, 5.41) is 0. The van der Waals surface area contributed by atoms with E-state index in [0.717, 1.165) is 6.92 Å². The molecule has 4 heteroatoms. The Kier molecular flexibility index (Phi) is 4.46. The highest BCUT2D eigenvalue weighted by Gasteiger charge is 2.32. The minimum atomic E-state index is -2.91. The first-order valence-electron chi connectivity index (χ1n) is 5.67. The summed E-state index contributed by atoms with van der Waals surface area (Å²) in [7, 11) is 1.40. The maximum absolute atomic E-state index is 13.7. The Morgan fingerprint density at radius 2 is 2.06 bits per heavy atom. The molecule has 0 heterocycles. The first-order chi connectivity index (χ1) is 7.91. The first-order valence-corrected chi connectivity index (χ1v) is 5.67. The number of hydrogen-bond donors (Lipinski definition) is 1. The van der Waals surface area contributed by atoms with Gasteiger partial charge in [0.2, 0.25) is 0 Å². The predicted octanol–water partition coefficient (Wildman–Crippen LogP) is 3.26. The highest BCUT2D eigenvalue weighted by molar-refractivity contribution is 5.44. The summed E-state index contributed by atoms with van der Waals surface area (Å²) in [6.45, 7) is 3.27. The highest BCUT2D eigenvalue weighted by Crippen LogP contribution is 2.40. The Labute approximate surface area is 101 Å². The number of alkyl halides is 2. The number of benzene rings is 1. The number of rotatable bonds is 5. The lowest BCUT2D eigenvalue weighted by molar-refractivity contribution is 0.0138. The lowest BCUT2D eigenvalue weighted by Crippen LogP contribution is -2.15. The lowest BCUT2D eigenvalue weighted by atomic mass is 9.90. The van der Waals surface area contributed by atoms with Gasteiger partial charge in [-0.05, 0) is 30.5 Å². The Hall–Kier alpha value is -1.16. The Morgan fingerprint density at radius 3 is 2.53 bits per heavy atom. The molecule has 1 unspecified atom stereocenters. The quantitative estimate of drug-likeness (QED) is 0.861. The molecule has 1 aromatic carbocycles. The molecule has 0 spiro atoms. The molecule has 96 valence electrons. The monoisotopic (exact) mass is 243 g/mol. The van der Waals surface area contributed by atoms with Crippen LogP contribution < -0.4 is 10.5 Å². The number of ether oxygens (including phenoxy) is 1. The van der Waals surface area contributed by atoms with Crippen molar-refractivity contribution < 1.29 is 13.5 Å². The van der Waals surface area contributed by atoms with Crippen molar-refractivity contribution in [1.29, 1.82) is 0 Å². The van der Waals surface area contributed by atoms with E-state index in [1.165, 1.54) is 7.11 Å². The van der Waals surface area contributed by atoms with E-state index in [1.807, 2.05) is 6.92 Å². The van der Waals surface area contributed by atoms with Gasteiger partial charge in [-0.1, -0.05) is 19.1 Å². The second-order valence-corrected chi connectivity index (χ2v) is 4.29. The van der Waals surface area contributed by atoms with Gasteiger partial charge in [0.05, 0.1) is 12.7 Å². The van der Waals surface area contributed by atoms with E-state index in [4.69, 9.17) is 10.5 Å². The van der Waals surface area contributed by atoms with Gasteiger partial charge in [-0.2, -0.15) is 0 Å². The zero-order valence-corrected chi connectivity index (χ0v) is 10.5. The smallest absolute Gasteiger partial charge is 0.274 e. The molecule has 1 rings (SSSR count). The molecule has 1 aromatic rings. The van der Waals surface area contributed by atoms with Crippen LogP contribution in [-0.2, 0) is 5.92 Å². The van der Waals surface area contributed by atoms with Crippen LogP contribution in [0.1, 0.15) is 37.3 Å². The summed E-state index contributed by atoms with van der Waals surface area (Å²) >= 11 is 0. The van der Waals surface area contributed by atoms with Crippen LogP contribution in [0.2, 0.25) is 0 Å². The van der Waals surface area contributed by atoms with E-state index in [0.29, 0.717) is 18.5 Å². The van der Waals surface area contributed by atoms with Crippen LogP contribution >= 0.6 is 0 Å². The average molecular weight is 243 g/mol. The fraction of sp³-hybridized carbons (Fsp3) is 0.538. The summed E-state index contributed by atoms with van der Waals surface area (Å²) in [5.41, 5.74) is 6.07.